The van der Waals surface area contributed by atoms with E-state index in [1.165, 1.54) is 31.2 Å². The average molecular weight is 346 g/mol. The molecule has 1 amide bonds. The second-order valence-corrected chi connectivity index (χ2v) is 4.98. The van der Waals surface area contributed by atoms with Gasteiger partial charge in [-0.05, 0) is 31.2 Å². The molecular formula is C13H13BrFNO4. The zero-order chi connectivity index (χ0) is 15.3. The van der Waals surface area contributed by atoms with E-state index in [0.29, 0.717) is 4.47 Å². The standard InChI is InChI=1S/C13H13BrFNO4/c1-7(17)12(13(19)20)16-11(18)5-2-8-6-9(14)3-4-10(8)15/h2-7,12,17H,1H3,(H,16,18)(H,19,20)/b5-2+. The highest BCUT2D eigenvalue weighted by atomic mass is 79.9. The van der Waals surface area contributed by atoms with Gasteiger partial charge in [0.2, 0.25) is 5.91 Å². The summed E-state index contributed by atoms with van der Waals surface area (Å²) in [4.78, 5) is 22.3. The van der Waals surface area contributed by atoms with Crippen molar-refractivity contribution >= 4 is 33.9 Å². The topological polar surface area (TPSA) is 86.6 Å². The van der Waals surface area contributed by atoms with E-state index >= 15 is 0 Å². The Morgan fingerprint density at radius 1 is 1.45 bits per heavy atom. The number of carbonyl (C=O) groups is 2. The third kappa shape index (κ3) is 4.75. The fraction of sp³-hybridized carbons (Fsp3) is 0.231. The molecule has 0 heterocycles. The Labute approximate surface area is 123 Å². The van der Waals surface area contributed by atoms with Gasteiger partial charge in [0.25, 0.3) is 0 Å². The van der Waals surface area contributed by atoms with Crippen LogP contribution >= 0.6 is 15.9 Å². The van der Waals surface area contributed by atoms with Gasteiger partial charge in [-0.2, -0.15) is 0 Å². The molecule has 7 heteroatoms. The predicted molar refractivity (Wildman–Crippen MR) is 74.4 cm³/mol. The number of aliphatic carboxylic acids is 1. The summed E-state index contributed by atoms with van der Waals surface area (Å²) in [6, 6.07) is 2.81. The normalized spacial score (nSPS) is 14.0. The highest BCUT2D eigenvalue weighted by molar-refractivity contribution is 9.10. The van der Waals surface area contributed by atoms with E-state index in [1.54, 1.807) is 0 Å². The van der Waals surface area contributed by atoms with Crippen molar-refractivity contribution < 1.29 is 24.2 Å². The molecule has 2 atom stereocenters. The molecule has 2 unspecified atom stereocenters. The van der Waals surface area contributed by atoms with Crippen LogP contribution in [0.25, 0.3) is 6.08 Å². The van der Waals surface area contributed by atoms with Gasteiger partial charge in [0.15, 0.2) is 6.04 Å². The molecule has 0 aromatic heterocycles. The average Bonchev–Trinajstić information content (AvgIpc) is 2.36. The van der Waals surface area contributed by atoms with Gasteiger partial charge >= 0.3 is 5.97 Å². The number of carbonyl (C=O) groups excluding carboxylic acids is 1. The van der Waals surface area contributed by atoms with Crippen molar-refractivity contribution in [2.45, 2.75) is 19.1 Å². The molecule has 0 spiro atoms. The van der Waals surface area contributed by atoms with Crippen LogP contribution in [0.2, 0.25) is 0 Å². The lowest BCUT2D eigenvalue weighted by Crippen LogP contribution is -2.47. The highest BCUT2D eigenvalue weighted by Gasteiger charge is 2.23. The number of halogens is 2. The number of rotatable bonds is 5. The summed E-state index contributed by atoms with van der Waals surface area (Å²) >= 11 is 3.17. The molecule has 5 nitrogen and oxygen atoms in total. The summed E-state index contributed by atoms with van der Waals surface area (Å²) in [6.07, 6.45) is 0.979. The first kappa shape index (κ1) is 16.3. The molecule has 0 aliphatic carbocycles. The molecule has 108 valence electrons. The van der Waals surface area contributed by atoms with Crippen molar-refractivity contribution in [3.8, 4) is 0 Å². The van der Waals surface area contributed by atoms with Crippen LogP contribution < -0.4 is 5.32 Å². The fourth-order valence-corrected chi connectivity index (χ4v) is 1.78. The number of aliphatic hydroxyl groups excluding tert-OH is 1. The Hall–Kier alpha value is -1.73. The molecule has 0 saturated heterocycles. The second-order valence-electron chi connectivity index (χ2n) is 4.06. The number of nitrogens with one attached hydrogen (secondary N) is 1. The van der Waals surface area contributed by atoms with E-state index in [-0.39, 0.29) is 5.56 Å². The van der Waals surface area contributed by atoms with Gasteiger partial charge in [0, 0.05) is 16.1 Å². The lowest BCUT2D eigenvalue weighted by atomic mass is 10.1. The molecule has 0 radical (unpaired) electrons. The number of carboxylic acids is 1. The minimum Gasteiger partial charge on any atom is -0.480 e. The van der Waals surface area contributed by atoms with Crippen LogP contribution in [0, 0.1) is 5.82 Å². The Kier molecular flexibility index (Phi) is 5.84. The summed E-state index contributed by atoms with van der Waals surface area (Å²) < 4.78 is 14.0. The van der Waals surface area contributed by atoms with E-state index < -0.39 is 29.8 Å². The quantitative estimate of drug-likeness (QED) is 0.706. The van der Waals surface area contributed by atoms with Crippen LogP contribution in [-0.2, 0) is 9.59 Å². The number of aliphatic hydroxyl groups is 1. The first-order valence-corrected chi connectivity index (χ1v) is 6.45. The molecule has 0 saturated carbocycles. The monoisotopic (exact) mass is 345 g/mol. The highest BCUT2D eigenvalue weighted by Crippen LogP contribution is 2.16. The van der Waals surface area contributed by atoms with Gasteiger partial charge in [-0.1, -0.05) is 15.9 Å². The van der Waals surface area contributed by atoms with Crippen LogP contribution in [0.5, 0.6) is 0 Å². The summed E-state index contributed by atoms with van der Waals surface area (Å²) in [7, 11) is 0. The number of hydrogen-bond acceptors (Lipinski definition) is 3. The van der Waals surface area contributed by atoms with Crippen LogP contribution in [0.3, 0.4) is 0 Å². The molecule has 3 N–H and O–H groups in total. The maximum absolute atomic E-state index is 13.4. The zero-order valence-electron chi connectivity index (χ0n) is 10.5. The largest absolute Gasteiger partial charge is 0.480 e. The number of hydrogen-bond donors (Lipinski definition) is 3. The van der Waals surface area contributed by atoms with Crippen molar-refractivity contribution in [2.24, 2.45) is 0 Å². The van der Waals surface area contributed by atoms with Crippen molar-refractivity contribution in [1.29, 1.82) is 0 Å². The van der Waals surface area contributed by atoms with Gasteiger partial charge < -0.3 is 15.5 Å². The predicted octanol–water partition coefficient (Wildman–Crippen LogP) is 1.55. The first-order valence-electron chi connectivity index (χ1n) is 5.65. The molecular weight excluding hydrogens is 333 g/mol. The van der Waals surface area contributed by atoms with Crippen LogP contribution in [0.1, 0.15) is 12.5 Å². The van der Waals surface area contributed by atoms with E-state index in [9.17, 15) is 19.1 Å². The Bertz CT molecular complexity index is 545. The summed E-state index contributed by atoms with van der Waals surface area (Å²) in [5.74, 6) is -2.60. The van der Waals surface area contributed by atoms with Crippen molar-refractivity contribution in [3.05, 3.63) is 40.1 Å². The van der Waals surface area contributed by atoms with Gasteiger partial charge in [0.05, 0.1) is 6.10 Å². The van der Waals surface area contributed by atoms with E-state index in [4.69, 9.17) is 5.11 Å². The van der Waals surface area contributed by atoms with Crippen molar-refractivity contribution in [3.63, 3.8) is 0 Å². The molecule has 0 aliphatic rings. The lowest BCUT2D eigenvalue weighted by molar-refractivity contribution is -0.144. The molecule has 1 rings (SSSR count). The molecule has 1 aromatic rings. The van der Waals surface area contributed by atoms with Gasteiger partial charge in [0.1, 0.15) is 5.82 Å². The maximum atomic E-state index is 13.4. The molecule has 0 fully saturated rings. The summed E-state index contributed by atoms with van der Waals surface area (Å²) in [5.41, 5.74) is 0.179. The maximum Gasteiger partial charge on any atom is 0.328 e. The number of benzene rings is 1. The molecule has 1 aromatic carbocycles. The van der Waals surface area contributed by atoms with Crippen molar-refractivity contribution in [2.75, 3.05) is 0 Å². The zero-order valence-corrected chi connectivity index (χ0v) is 12.1. The number of amides is 1. The fourth-order valence-electron chi connectivity index (χ4n) is 1.40. The first-order chi connectivity index (χ1) is 9.31. The third-order valence-corrected chi connectivity index (χ3v) is 2.91. The SMILES string of the molecule is CC(O)C(NC(=O)/C=C/c1cc(Br)ccc1F)C(=O)O. The minimum atomic E-state index is -1.42. The van der Waals surface area contributed by atoms with Crippen LogP contribution in [-0.4, -0.2) is 34.2 Å². The Balaban J connectivity index is 2.77. The van der Waals surface area contributed by atoms with Crippen LogP contribution in [0.15, 0.2) is 28.7 Å². The van der Waals surface area contributed by atoms with Gasteiger partial charge in [-0.25, -0.2) is 9.18 Å². The molecule has 0 bridgehead atoms. The summed E-state index contributed by atoms with van der Waals surface area (Å²) in [5, 5.41) is 20.1. The second kappa shape index (κ2) is 7.16. The van der Waals surface area contributed by atoms with Gasteiger partial charge in [-0.15, -0.1) is 0 Å². The minimum absolute atomic E-state index is 0.179. The smallest absolute Gasteiger partial charge is 0.328 e. The molecule has 20 heavy (non-hydrogen) atoms. The van der Waals surface area contributed by atoms with E-state index in [0.717, 1.165) is 6.08 Å². The Morgan fingerprint density at radius 2 is 2.10 bits per heavy atom. The van der Waals surface area contributed by atoms with Crippen LogP contribution in [0.4, 0.5) is 4.39 Å². The number of carboxylic acid groups (broad SMARTS) is 1. The van der Waals surface area contributed by atoms with Crippen molar-refractivity contribution in [1.82, 2.24) is 5.32 Å². The molecule has 0 aliphatic heterocycles. The van der Waals surface area contributed by atoms with Gasteiger partial charge in [-0.3, -0.25) is 4.79 Å². The van der Waals surface area contributed by atoms with E-state index in [2.05, 4.69) is 21.2 Å². The third-order valence-electron chi connectivity index (χ3n) is 2.42. The lowest BCUT2D eigenvalue weighted by Gasteiger charge is -2.15. The Morgan fingerprint density at radius 3 is 2.65 bits per heavy atom. The summed E-state index contributed by atoms with van der Waals surface area (Å²) in [6.45, 7) is 1.25. The van der Waals surface area contributed by atoms with E-state index in [1.807, 2.05) is 0 Å².